The Labute approximate surface area is 102 Å². The minimum atomic E-state index is -3.43. The van der Waals surface area contributed by atoms with E-state index >= 15 is 0 Å². The molecule has 1 aliphatic rings. The van der Waals surface area contributed by atoms with Gasteiger partial charge in [-0.05, 0) is 25.3 Å². The Morgan fingerprint density at radius 2 is 2.24 bits per heavy atom. The quantitative estimate of drug-likeness (QED) is 0.805. The van der Waals surface area contributed by atoms with Crippen LogP contribution in [0, 0.1) is 0 Å². The maximum absolute atomic E-state index is 12.1. The van der Waals surface area contributed by atoms with Crippen LogP contribution < -0.4 is 10.0 Å². The Morgan fingerprint density at radius 1 is 1.47 bits per heavy atom. The van der Waals surface area contributed by atoms with Crippen molar-refractivity contribution in [2.45, 2.75) is 37.1 Å². The summed E-state index contributed by atoms with van der Waals surface area (Å²) < 4.78 is 26.8. The lowest BCUT2D eigenvalue weighted by Gasteiger charge is -2.11. The van der Waals surface area contributed by atoms with E-state index in [2.05, 4.69) is 15.0 Å². The molecule has 17 heavy (non-hydrogen) atoms. The number of pyridine rings is 1. The number of nitrogens with zero attached hydrogens (tertiary/aromatic N) is 1. The van der Waals surface area contributed by atoms with Gasteiger partial charge in [-0.1, -0.05) is 6.92 Å². The van der Waals surface area contributed by atoms with E-state index in [1.165, 1.54) is 6.20 Å². The Morgan fingerprint density at radius 3 is 2.88 bits per heavy atom. The van der Waals surface area contributed by atoms with Crippen LogP contribution in [-0.4, -0.2) is 26.0 Å². The van der Waals surface area contributed by atoms with E-state index < -0.39 is 10.0 Å². The van der Waals surface area contributed by atoms with E-state index in [0.717, 1.165) is 25.8 Å². The molecule has 0 spiro atoms. The highest BCUT2D eigenvalue weighted by molar-refractivity contribution is 7.89. The summed E-state index contributed by atoms with van der Waals surface area (Å²) in [7, 11) is -3.43. The van der Waals surface area contributed by atoms with E-state index in [9.17, 15) is 8.42 Å². The van der Waals surface area contributed by atoms with Crippen molar-refractivity contribution < 1.29 is 8.42 Å². The topological polar surface area (TPSA) is 71.1 Å². The monoisotopic (exact) mass is 255 g/mol. The molecule has 0 aromatic carbocycles. The molecule has 1 heterocycles. The molecule has 1 aromatic heterocycles. The fourth-order valence-corrected chi connectivity index (χ4v) is 2.91. The van der Waals surface area contributed by atoms with Crippen LogP contribution in [0.5, 0.6) is 0 Å². The zero-order chi connectivity index (χ0) is 12.3. The largest absolute Gasteiger partial charge is 0.384 e. The first kappa shape index (κ1) is 12.3. The summed E-state index contributed by atoms with van der Waals surface area (Å²) in [6.07, 6.45) is 5.78. The molecule has 0 atom stereocenters. The third kappa shape index (κ3) is 3.17. The summed E-state index contributed by atoms with van der Waals surface area (Å²) in [5.74, 6) is 0. The molecule has 2 N–H and O–H groups in total. The number of aromatic nitrogens is 1. The van der Waals surface area contributed by atoms with Crippen LogP contribution in [0.3, 0.4) is 0 Å². The lowest BCUT2D eigenvalue weighted by atomic mass is 10.4. The van der Waals surface area contributed by atoms with Crippen molar-refractivity contribution in [3.63, 3.8) is 0 Å². The van der Waals surface area contributed by atoms with Gasteiger partial charge in [-0.25, -0.2) is 13.1 Å². The Balaban J connectivity index is 2.23. The molecule has 0 amide bonds. The van der Waals surface area contributed by atoms with Gasteiger partial charge in [-0.2, -0.15) is 0 Å². The van der Waals surface area contributed by atoms with Crippen LogP contribution in [0.25, 0.3) is 0 Å². The van der Waals surface area contributed by atoms with Crippen LogP contribution >= 0.6 is 0 Å². The maximum atomic E-state index is 12.1. The second-order valence-electron chi connectivity index (χ2n) is 4.19. The molecule has 1 saturated carbocycles. The van der Waals surface area contributed by atoms with E-state index in [1.54, 1.807) is 12.3 Å². The molecule has 0 bridgehead atoms. The summed E-state index contributed by atoms with van der Waals surface area (Å²) in [6.45, 7) is 2.78. The highest BCUT2D eigenvalue weighted by Crippen LogP contribution is 2.25. The van der Waals surface area contributed by atoms with Crippen LogP contribution in [-0.2, 0) is 10.0 Å². The zero-order valence-corrected chi connectivity index (χ0v) is 10.6. The first-order valence-electron chi connectivity index (χ1n) is 5.83. The van der Waals surface area contributed by atoms with Gasteiger partial charge < -0.3 is 5.32 Å². The van der Waals surface area contributed by atoms with Crippen molar-refractivity contribution in [1.29, 1.82) is 0 Å². The summed E-state index contributed by atoms with van der Waals surface area (Å²) in [6, 6.07) is 1.80. The fourth-order valence-electron chi connectivity index (χ4n) is 1.48. The molecule has 6 heteroatoms. The first-order chi connectivity index (χ1) is 8.13. The predicted octanol–water partition coefficient (Wildman–Crippen LogP) is 1.34. The number of sulfonamides is 1. The summed E-state index contributed by atoms with van der Waals surface area (Å²) in [5, 5.41) is 3.10. The Kier molecular flexibility index (Phi) is 3.63. The number of anilines is 1. The molecule has 1 aliphatic carbocycles. The van der Waals surface area contributed by atoms with E-state index in [1.807, 2.05) is 6.92 Å². The zero-order valence-electron chi connectivity index (χ0n) is 9.81. The molecule has 94 valence electrons. The highest BCUT2D eigenvalue weighted by atomic mass is 32.2. The van der Waals surface area contributed by atoms with Gasteiger partial charge in [-0.15, -0.1) is 0 Å². The van der Waals surface area contributed by atoms with E-state index in [-0.39, 0.29) is 10.9 Å². The van der Waals surface area contributed by atoms with Crippen molar-refractivity contribution in [2.24, 2.45) is 0 Å². The van der Waals surface area contributed by atoms with Crippen LogP contribution in [0.15, 0.2) is 23.4 Å². The SMILES string of the molecule is CCCNc1ccncc1S(=O)(=O)NC1CC1. The van der Waals surface area contributed by atoms with Crippen molar-refractivity contribution in [1.82, 2.24) is 9.71 Å². The minimum Gasteiger partial charge on any atom is -0.384 e. The van der Waals surface area contributed by atoms with Crippen LogP contribution in [0.4, 0.5) is 5.69 Å². The predicted molar refractivity (Wildman–Crippen MR) is 66.4 cm³/mol. The van der Waals surface area contributed by atoms with Crippen LogP contribution in [0.2, 0.25) is 0 Å². The standard InChI is InChI=1S/C11H17N3O2S/c1-2-6-13-10-5-7-12-8-11(10)17(15,16)14-9-3-4-9/h5,7-9,14H,2-4,6H2,1H3,(H,12,13). The first-order valence-corrected chi connectivity index (χ1v) is 7.32. The molecule has 2 rings (SSSR count). The number of hydrogen-bond donors (Lipinski definition) is 2. The third-order valence-electron chi connectivity index (χ3n) is 2.54. The third-order valence-corrected chi connectivity index (χ3v) is 4.09. The van der Waals surface area contributed by atoms with E-state index in [0.29, 0.717) is 5.69 Å². The summed E-state index contributed by atoms with van der Waals surface area (Å²) in [5.41, 5.74) is 0.620. The van der Waals surface area contributed by atoms with Crippen molar-refractivity contribution in [3.05, 3.63) is 18.5 Å². The molecule has 1 fully saturated rings. The molecule has 0 unspecified atom stereocenters. The van der Waals surface area contributed by atoms with E-state index in [4.69, 9.17) is 0 Å². The molecule has 0 radical (unpaired) electrons. The van der Waals surface area contributed by atoms with Crippen molar-refractivity contribution >= 4 is 15.7 Å². The van der Waals surface area contributed by atoms with Gasteiger partial charge in [-0.3, -0.25) is 4.98 Å². The lowest BCUT2D eigenvalue weighted by molar-refractivity contribution is 0.581. The molecule has 5 nitrogen and oxygen atoms in total. The number of hydrogen-bond acceptors (Lipinski definition) is 4. The summed E-state index contributed by atoms with van der Waals surface area (Å²) >= 11 is 0. The van der Waals surface area contributed by atoms with Gasteiger partial charge in [0.1, 0.15) is 4.90 Å². The molecule has 0 aliphatic heterocycles. The normalized spacial score (nSPS) is 15.8. The van der Waals surface area contributed by atoms with Gasteiger partial charge in [0.2, 0.25) is 10.0 Å². The summed E-state index contributed by atoms with van der Waals surface area (Å²) in [4.78, 5) is 4.12. The second-order valence-corrected chi connectivity index (χ2v) is 5.88. The molecule has 1 aromatic rings. The van der Waals surface area contributed by atoms with Crippen LogP contribution in [0.1, 0.15) is 26.2 Å². The van der Waals surface area contributed by atoms with Gasteiger partial charge in [0.15, 0.2) is 0 Å². The Bertz CT molecular complexity index is 483. The fraction of sp³-hybridized carbons (Fsp3) is 0.545. The van der Waals surface area contributed by atoms with Crippen molar-refractivity contribution in [3.8, 4) is 0 Å². The van der Waals surface area contributed by atoms with Gasteiger partial charge in [0.05, 0.1) is 5.69 Å². The number of rotatable bonds is 6. The number of nitrogens with one attached hydrogen (secondary N) is 2. The smallest absolute Gasteiger partial charge is 0.244 e. The van der Waals surface area contributed by atoms with Gasteiger partial charge >= 0.3 is 0 Å². The average Bonchev–Trinajstić information content (AvgIpc) is 3.10. The lowest BCUT2D eigenvalue weighted by Crippen LogP contribution is -2.26. The minimum absolute atomic E-state index is 0.110. The average molecular weight is 255 g/mol. The van der Waals surface area contributed by atoms with Gasteiger partial charge in [0.25, 0.3) is 0 Å². The Hall–Kier alpha value is -1.14. The molecular weight excluding hydrogens is 238 g/mol. The molecular formula is C11H17N3O2S. The van der Waals surface area contributed by atoms with Crippen molar-refractivity contribution in [2.75, 3.05) is 11.9 Å². The molecule has 0 saturated heterocycles. The van der Waals surface area contributed by atoms with Gasteiger partial charge in [0, 0.05) is 25.0 Å². The second kappa shape index (κ2) is 5.01. The highest BCUT2D eigenvalue weighted by Gasteiger charge is 2.29. The maximum Gasteiger partial charge on any atom is 0.244 e.